The highest BCUT2D eigenvalue weighted by Crippen LogP contribution is 2.59. The van der Waals surface area contributed by atoms with E-state index in [4.69, 9.17) is 13.8 Å². The van der Waals surface area contributed by atoms with Crippen molar-refractivity contribution in [1.82, 2.24) is 5.32 Å². The van der Waals surface area contributed by atoms with Crippen LogP contribution < -0.4 is 10.1 Å². The van der Waals surface area contributed by atoms with Crippen molar-refractivity contribution in [3.05, 3.63) is 71.9 Å². The van der Waals surface area contributed by atoms with Crippen molar-refractivity contribution in [3.63, 3.8) is 0 Å². The van der Waals surface area contributed by atoms with E-state index in [1.54, 1.807) is 55.6 Å². The van der Waals surface area contributed by atoms with Crippen LogP contribution in [0, 0.1) is 0 Å². The molecule has 132 valence electrons. The molecule has 0 unspecified atom stereocenters. The average molecular weight is 361 g/mol. The van der Waals surface area contributed by atoms with E-state index in [0.717, 1.165) is 0 Å². The predicted molar refractivity (Wildman–Crippen MR) is 96.5 cm³/mol. The molecular formula is C18H20NO5P. The van der Waals surface area contributed by atoms with Gasteiger partial charge in [-0.15, -0.1) is 0 Å². The Morgan fingerprint density at radius 1 is 0.920 bits per heavy atom. The Labute approximate surface area is 147 Å². The van der Waals surface area contributed by atoms with E-state index < -0.39 is 7.60 Å². The van der Waals surface area contributed by atoms with Gasteiger partial charge in [0.2, 0.25) is 0 Å². The zero-order chi connectivity index (χ0) is 18.3. The molecule has 0 radical (unpaired) electrons. The van der Waals surface area contributed by atoms with Crippen LogP contribution in [0.3, 0.4) is 0 Å². The molecule has 2 aromatic rings. The van der Waals surface area contributed by atoms with E-state index in [0.29, 0.717) is 16.9 Å². The Morgan fingerprint density at radius 2 is 1.52 bits per heavy atom. The topological polar surface area (TPSA) is 73.9 Å². The number of amides is 1. The Balaban J connectivity index is 2.37. The van der Waals surface area contributed by atoms with Gasteiger partial charge in [0.1, 0.15) is 5.75 Å². The van der Waals surface area contributed by atoms with Crippen molar-refractivity contribution in [3.8, 4) is 5.75 Å². The van der Waals surface area contributed by atoms with E-state index in [2.05, 4.69) is 5.32 Å². The maximum Gasteiger partial charge on any atom is 0.362 e. The number of carbonyl (C=O) groups excluding carboxylic acids is 1. The van der Waals surface area contributed by atoms with Gasteiger partial charge < -0.3 is 19.1 Å². The van der Waals surface area contributed by atoms with Gasteiger partial charge in [0.15, 0.2) is 0 Å². The fourth-order valence-electron chi connectivity index (χ4n) is 2.16. The molecule has 0 aliphatic heterocycles. The molecule has 0 aliphatic rings. The van der Waals surface area contributed by atoms with Gasteiger partial charge in [0.05, 0.1) is 12.4 Å². The van der Waals surface area contributed by atoms with Gasteiger partial charge in [-0.1, -0.05) is 30.3 Å². The molecule has 0 fully saturated rings. The third-order valence-corrected chi connectivity index (χ3v) is 5.48. The smallest absolute Gasteiger partial charge is 0.362 e. The second-order valence-electron chi connectivity index (χ2n) is 4.96. The van der Waals surface area contributed by atoms with Gasteiger partial charge >= 0.3 is 7.60 Å². The number of ether oxygens (including phenoxy) is 1. The van der Waals surface area contributed by atoms with Crippen LogP contribution >= 0.6 is 7.60 Å². The molecule has 2 aromatic carbocycles. The number of hydrogen-bond acceptors (Lipinski definition) is 5. The first-order valence-corrected chi connectivity index (χ1v) is 9.01. The summed E-state index contributed by atoms with van der Waals surface area (Å²) in [5, 5.41) is 2.88. The summed E-state index contributed by atoms with van der Waals surface area (Å²) in [7, 11) is 0.562. The van der Waals surface area contributed by atoms with E-state index in [1.807, 2.05) is 6.07 Å². The monoisotopic (exact) mass is 361 g/mol. The van der Waals surface area contributed by atoms with Crippen LogP contribution in [0.1, 0.15) is 15.9 Å². The van der Waals surface area contributed by atoms with Crippen molar-refractivity contribution in [1.29, 1.82) is 0 Å². The van der Waals surface area contributed by atoms with Gasteiger partial charge in [-0.25, -0.2) is 0 Å². The summed E-state index contributed by atoms with van der Waals surface area (Å²) in [6.07, 6.45) is 1.35. The van der Waals surface area contributed by atoms with E-state index in [1.165, 1.54) is 20.4 Å². The van der Waals surface area contributed by atoms with Crippen LogP contribution in [0.4, 0.5) is 0 Å². The van der Waals surface area contributed by atoms with Crippen LogP contribution in [0.25, 0.3) is 5.31 Å². The van der Waals surface area contributed by atoms with Gasteiger partial charge in [0, 0.05) is 26.0 Å². The highest BCUT2D eigenvalue weighted by molar-refractivity contribution is 7.65. The molecular weight excluding hydrogens is 341 g/mol. The summed E-state index contributed by atoms with van der Waals surface area (Å²) in [5.74, 6) is 0.325. The molecule has 2 rings (SSSR count). The summed E-state index contributed by atoms with van der Waals surface area (Å²) in [6, 6.07) is 15.6. The third kappa shape index (κ3) is 4.57. The molecule has 0 aromatic heterocycles. The third-order valence-electron chi connectivity index (χ3n) is 3.54. The molecule has 0 heterocycles. The number of methoxy groups -OCH3 is 1. The molecule has 7 heteroatoms. The van der Waals surface area contributed by atoms with Gasteiger partial charge in [-0.3, -0.25) is 9.36 Å². The number of nitrogens with one attached hydrogen (secondary N) is 1. The summed E-state index contributed by atoms with van der Waals surface area (Å²) in [4.78, 5) is 12.2. The molecule has 0 saturated carbocycles. The Morgan fingerprint density at radius 3 is 2.04 bits per heavy atom. The van der Waals surface area contributed by atoms with Crippen molar-refractivity contribution in [2.24, 2.45) is 0 Å². The first kappa shape index (κ1) is 18.9. The highest BCUT2D eigenvalue weighted by Gasteiger charge is 2.29. The maximum atomic E-state index is 12.9. The van der Waals surface area contributed by atoms with E-state index >= 15 is 0 Å². The normalized spacial score (nSPS) is 11.9. The molecule has 0 aliphatic carbocycles. The largest absolute Gasteiger partial charge is 0.497 e. The van der Waals surface area contributed by atoms with Crippen LogP contribution in [0.15, 0.2) is 60.8 Å². The lowest BCUT2D eigenvalue weighted by Gasteiger charge is -2.18. The van der Waals surface area contributed by atoms with Gasteiger partial charge in [-0.05, 0) is 29.8 Å². The lowest BCUT2D eigenvalue weighted by atomic mass is 10.2. The average Bonchev–Trinajstić information content (AvgIpc) is 2.68. The molecule has 0 atom stereocenters. The summed E-state index contributed by atoms with van der Waals surface area (Å²) < 4.78 is 28.1. The molecule has 1 amide bonds. The molecule has 25 heavy (non-hydrogen) atoms. The molecule has 0 bridgehead atoms. The predicted octanol–water partition coefficient (Wildman–Crippen LogP) is 3.91. The minimum Gasteiger partial charge on any atom is -0.497 e. The lowest BCUT2D eigenvalue weighted by molar-refractivity contribution is 0.0970. The maximum absolute atomic E-state index is 12.9. The summed E-state index contributed by atoms with van der Waals surface area (Å²) in [5.41, 5.74) is 1.07. The van der Waals surface area contributed by atoms with Gasteiger partial charge in [-0.2, -0.15) is 0 Å². The highest BCUT2D eigenvalue weighted by atomic mass is 31.2. The second kappa shape index (κ2) is 8.62. The van der Waals surface area contributed by atoms with Gasteiger partial charge in [0.25, 0.3) is 5.91 Å². The number of hydrogen-bond donors (Lipinski definition) is 1. The molecule has 1 N–H and O–H groups in total. The second-order valence-corrected chi connectivity index (χ2v) is 7.17. The van der Waals surface area contributed by atoms with Crippen molar-refractivity contribution in [2.75, 3.05) is 21.3 Å². The minimum atomic E-state index is -3.58. The first-order valence-electron chi connectivity index (χ1n) is 7.46. The summed E-state index contributed by atoms with van der Waals surface area (Å²) >= 11 is 0. The number of benzene rings is 2. The zero-order valence-electron chi connectivity index (χ0n) is 14.3. The standard InChI is InChI=1S/C18H20NO5P/c1-22-16-11-9-14(10-12-16)17(25(21,23-2)24-3)13-19-18(20)15-7-5-4-6-8-15/h4-13H,1-3H3,(H,19,20). The van der Waals surface area contributed by atoms with Crippen molar-refractivity contribution in [2.45, 2.75) is 0 Å². The number of rotatable bonds is 7. The fourth-order valence-corrected chi connectivity index (χ4v) is 3.39. The Kier molecular flexibility index (Phi) is 6.53. The van der Waals surface area contributed by atoms with E-state index in [-0.39, 0.29) is 11.2 Å². The Hall–Kier alpha value is -2.40. The zero-order valence-corrected chi connectivity index (χ0v) is 15.2. The fraction of sp³-hybridized carbons (Fsp3) is 0.167. The Bertz CT molecular complexity index is 779. The lowest BCUT2D eigenvalue weighted by Crippen LogP contribution is -2.17. The van der Waals surface area contributed by atoms with Crippen LogP contribution in [-0.2, 0) is 13.6 Å². The van der Waals surface area contributed by atoms with Crippen molar-refractivity contribution >= 4 is 18.8 Å². The minimum absolute atomic E-state index is 0.240. The van der Waals surface area contributed by atoms with E-state index in [9.17, 15) is 9.36 Å². The SMILES string of the molecule is COc1ccc(C(=CNC(=O)c2ccccc2)P(=O)(OC)OC)cc1. The summed E-state index contributed by atoms with van der Waals surface area (Å²) in [6.45, 7) is 0. The van der Waals surface area contributed by atoms with Crippen LogP contribution in [0.2, 0.25) is 0 Å². The first-order chi connectivity index (χ1) is 12.0. The quantitative estimate of drug-likeness (QED) is 0.757. The molecule has 0 saturated heterocycles. The molecule has 0 spiro atoms. The van der Waals surface area contributed by atoms with Crippen LogP contribution in [-0.4, -0.2) is 27.2 Å². The van der Waals surface area contributed by atoms with Crippen molar-refractivity contribution < 1.29 is 23.1 Å². The number of carbonyl (C=O) groups is 1. The van der Waals surface area contributed by atoms with Crippen LogP contribution in [0.5, 0.6) is 5.75 Å². The molecule has 6 nitrogen and oxygen atoms in total.